The van der Waals surface area contributed by atoms with Gasteiger partial charge in [-0.25, -0.2) is 39.4 Å². The Hall–Kier alpha value is -11.1. The first-order valence-corrected chi connectivity index (χ1v) is 49.6. The maximum atomic E-state index is 14.3. The Morgan fingerprint density at radius 2 is 0.690 bits per heavy atom. The predicted molar refractivity (Wildman–Crippen MR) is 494 cm³/mol. The molecule has 3 fully saturated rings. The first kappa shape index (κ1) is 94.1. The number of anilines is 3. The van der Waals surface area contributed by atoms with E-state index in [9.17, 15) is 54.0 Å². The number of imide groups is 3. The molecule has 10 aromatic rings. The van der Waals surface area contributed by atoms with Crippen molar-refractivity contribution in [3.63, 3.8) is 0 Å². The minimum absolute atomic E-state index is 0.140. The molecule has 10 heterocycles. The Balaban J connectivity index is 0.000000157. The largest absolute Gasteiger partial charge is 0.493 e. The van der Waals surface area contributed by atoms with Crippen LogP contribution in [0.1, 0.15) is 148 Å². The van der Waals surface area contributed by atoms with Crippen molar-refractivity contribution < 1.29 is 86.9 Å². The SMILES string of the molecule is CCN1CCN(c2cccc3c2C(=O)N([C@H](CCCNS(=O)(=O)c2cccs2)c2ccc(OC)c(OC)c2)C3=O)CC1.COc1ccc([C@@H](CCCNS(=O)(=O)c2cccs2)N2C(=O)c3cccc(N4CCN(C)CC4)c3C2=O)cc1OC.COc1ccc([C@@H](CCCNS(=O)(=O)c2cccs2)N2C(=O)c3cccc(N4CCN(Cc5ccoc5)CC4)c3C2=O)cc1OC. The van der Waals surface area contributed by atoms with Crippen LogP contribution in [0.15, 0.2) is 197 Å². The van der Waals surface area contributed by atoms with Gasteiger partial charge in [-0.1, -0.05) is 61.5 Å². The number of nitrogens with zero attached hydrogens (tertiary/aromatic N) is 9. The predicted octanol–water partition coefficient (Wildman–Crippen LogP) is 12.4. The van der Waals surface area contributed by atoms with Crippen molar-refractivity contribution in [2.75, 3.05) is 169 Å². The maximum Gasteiger partial charge on any atom is 0.264 e. The number of piperazine rings is 3. The molecule has 0 aliphatic carbocycles. The lowest BCUT2D eigenvalue weighted by Crippen LogP contribution is -2.46. The molecule has 0 unspecified atom stereocenters. The number of furan rings is 1. The van der Waals surface area contributed by atoms with Crippen LogP contribution in [0.4, 0.5) is 17.1 Å². The molecule has 0 radical (unpaired) electrons. The molecule has 37 heteroatoms. The lowest BCUT2D eigenvalue weighted by Gasteiger charge is -2.36. The monoisotopic (exact) mass is 1870 g/mol. The van der Waals surface area contributed by atoms with Gasteiger partial charge in [0.2, 0.25) is 30.1 Å². The van der Waals surface area contributed by atoms with E-state index in [0.717, 1.165) is 135 Å². The molecule has 3 N–H and O–H groups in total. The fourth-order valence-electron chi connectivity index (χ4n) is 17.1. The van der Waals surface area contributed by atoms with E-state index in [4.69, 9.17) is 32.8 Å². The van der Waals surface area contributed by atoms with Crippen LogP contribution in [0.3, 0.4) is 0 Å². The van der Waals surface area contributed by atoms with Gasteiger partial charge in [-0.2, -0.15) is 0 Å². The molecule has 684 valence electrons. The molecule has 16 rings (SSSR count). The van der Waals surface area contributed by atoms with E-state index in [1.54, 1.807) is 134 Å². The van der Waals surface area contributed by atoms with Crippen LogP contribution in [0.2, 0.25) is 0 Å². The van der Waals surface area contributed by atoms with E-state index in [0.29, 0.717) is 136 Å². The number of hydrogen-bond acceptors (Lipinski definition) is 28. The van der Waals surface area contributed by atoms with Gasteiger partial charge in [0.1, 0.15) is 12.6 Å². The number of methoxy groups -OCH3 is 6. The Morgan fingerprint density at radius 3 is 0.977 bits per heavy atom. The second kappa shape index (κ2) is 42.2. The van der Waals surface area contributed by atoms with E-state index in [1.165, 1.54) is 43.1 Å². The Labute approximate surface area is 764 Å². The summed E-state index contributed by atoms with van der Waals surface area (Å²) in [7, 11) is 0.363. The number of carbonyl (C=O) groups excluding carboxylic acids is 6. The van der Waals surface area contributed by atoms with Gasteiger partial charge < -0.3 is 57.3 Å². The van der Waals surface area contributed by atoms with E-state index in [2.05, 4.69) is 57.5 Å². The maximum absolute atomic E-state index is 14.3. The lowest BCUT2D eigenvalue weighted by atomic mass is 9.99. The summed E-state index contributed by atoms with van der Waals surface area (Å²) < 4.78 is 123. The highest BCUT2D eigenvalue weighted by Crippen LogP contribution is 2.46. The Kier molecular flexibility index (Phi) is 30.8. The summed E-state index contributed by atoms with van der Waals surface area (Å²) in [6.45, 7) is 13.9. The summed E-state index contributed by atoms with van der Waals surface area (Å²) in [5.41, 5.74) is 7.87. The molecule has 0 saturated carbocycles. The normalized spacial score (nSPS) is 16.4. The summed E-state index contributed by atoms with van der Waals surface area (Å²) in [5, 5.41) is 5.13. The highest BCUT2D eigenvalue weighted by Gasteiger charge is 2.47. The molecule has 6 aliphatic rings. The van der Waals surface area contributed by atoms with Gasteiger partial charge in [0.05, 0.1) is 124 Å². The van der Waals surface area contributed by atoms with Crippen LogP contribution in [0, 0.1) is 0 Å². The molecule has 129 heavy (non-hydrogen) atoms. The average molecular weight is 1880 g/mol. The number of ether oxygens (including phenoxy) is 6. The smallest absolute Gasteiger partial charge is 0.264 e. The van der Waals surface area contributed by atoms with Crippen molar-refractivity contribution in [2.24, 2.45) is 0 Å². The second-order valence-electron chi connectivity index (χ2n) is 31.5. The number of sulfonamides is 3. The highest BCUT2D eigenvalue weighted by molar-refractivity contribution is 7.92. The quantitative estimate of drug-likeness (QED) is 0.0242. The third-order valence-electron chi connectivity index (χ3n) is 23.9. The van der Waals surface area contributed by atoms with Crippen LogP contribution in [-0.2, 0) is 36.6 Å². The van der Waals surface area contributed by atoms with E-state index in [1.807, 2.05) is 60.7 Å². The van der Waals surface area contributed by atoms with E-state index in [-0.39, 0.29) is 67.7 Å². The zero-order chi connectivity index (χ0) is 91.3. The number of hydrogen-bond donors (Lipinski definition) is 3. The number of benzene rings is 6. The fourth-order valence-corrected chi connectivity index (χ4v) is 23.5. The van der Waals surface area contributed by atoms with Crippen LogP contribution < -0.4 is 57.3 Å². The third-order valence-corrected chi connectivity index (χ3v) is 32.5. The standard InChI is InChI=1S/C33H36N4O7S2.C30H36N4O6S2.C29H34N4O6S2/c1-42-28-11-10-24(20-29(28)43-2)26(8-4-13-34-46(40,41)30-9-5-19-45-30)37-32(38)25-6-3-7-27(31(25)33(37)39)36-16-14-35(15-17-36)21-23-12-18-44-22-23;1-4-32-15-17-33(18-16-32)24-9-5-8-22-28(24)30(36)34(29(22)35)23(21-12-13-25(39-2)26(20-21)40-3)10-6-14-31-42(37,38)27-11-7-19-41-27;1-31-14-16-32(17-15-31)23-8-4-7-21-27(23)29(35)33(28(21)34)22(20-11-12-24(38-2)25(19-20)39-3)9-5-13-30-41(36,37)26-10-6-18-40-26/h3,5-7,9-12,18-20,22,26,34H,4,8,13-17,21H2,1-2H3;5,7-9,11-13,19-20,23,31H,4,6,10,14-18H2,1-3H3;4,6-8,10-12,18-19,22,30H,5,9,13-17H2,1-3H3/t26-;23-;22-/m111/s1. The number of likely N-dealkylation sites (N-methyl/N-ethyl adjacent to an activating group) is 2. The minimum Gasteiger partial charge on any atom is -0.493 e. The van der Waals surface area contributed by atoms with Crippen molar-refractivity contribution >= 4 is 117 Å². The first-order chi connectivity index (χ1) is 62.3. The highest BCUT2D eigenvalue weighted by atomic mass is 32.3. The summed E-state index contributed by atoms with van der Waals surface area (Å²) in [6.07, 6.45) is 5.61. The van der Waals surface area contributed by atoms with Crippen molar-refractivity contribution in [1.82, 2.24) is 43.6 Å². The van der Waals surface area contributed by atoms with Gasteiger partial charge in [-0.3, -0.25) is 48.4 Å². The number of carbonyl (C=O) groups is 6. The molecule has 4 aromatic heterocycles. The van der Waals surface area contributed by atoms with Gasteiger partial charge in [-0.05, 0) is 182 Å². The molecule has 6 aliphatic heterocycles. The van der Waals surface area contributed by atoms with Crippen molar-refractivity contribution in [3.05, 3.63) is 236 Å². The Bertz CT molecular complexity index is 5980. The summed E-state index contributed by atoms with van der Waals surface area (Å²) >= 11 is 3.43. The first-order valence-electron chi connectivity index (χ1n) is 42.5. The third kappa shape index (κ3) is 20.9. The molecular formula is C92H106N12O19S6. The molecule has 3 saturated heterocycles. The Morgan fingerprint density at radius 1 is 0.372 bits per heavy atom. The summed E-state index contributed by atoms with van der Waals surface area (Å²) in [4.78, 5) is 102. The average Bonchev–Trinajstić information content (AvgIpc) is 1.60. The van der Waals surface area contributed by atoms with E-state index >= 15 is 0 Å². The number of amides is 6. The molecule has 31 nitrogen and oxygen atoms in total. The van der Waals surface area contributed by atoms with E-state index < -0.39 is 48.2 Å². The van der Waals surface area contributed by atoms with Gasteiger partial charge in [0, 0.05) is 110 Å². The number of rotatable bonds is 36. The van der Waals surface area contributed by atoms with Crippen LogP contribution >= 0.6 is 34.0 Å². The number of thiophene rings is 3. The fraction of sp³-hybridized carbons (Fsp3) is 0.370. The molecular weight excluding hydrogens is 1770 g/mol. The van der Waals surface area contributed by atoms with Crippen LogP contribution in [-0.4, -0.2) is 245 Å². The molecule has 3 atom stereocenters. The topological polar surface area (TPSA) is 339 Å². The van der Waals surface area contributed by atoms with Crippen molar-refractivity contribution in [2.45, 2.75) is 82.7 Å². The molecule has 0 bridgehead atoms. The van der Waals surface area contributed by atoms with Gasteiger partial charge in [-0.15, -0.1) is 34.0 Å². The van der Waals surface area contributed by atoms with Crippen LogP contribution in [0.25, 0.3) is 0 Å². The number of nitrogens with one attached hydrogen (secondary N) is 3. The van der Waals surface area contributed by atoms with Gasteiger partial charge in [0.25, 0.3) is 35.4 Å². The lowest BCUT2D eigenvalue weighted by molar-refractivity contribution is 0.0557. The molecule has 6 aromatic carbocycles. The van der Waals surface area contributed by atoms with Gasteiger partial charge in [0.15, 0.2) is 34.5 Å². The van der Waals surface area contributed by atoms with Crippen molar-refractivity contribution in [1.29, 1.82) is 0 Å². The molecule has 0 spiro atoms. The summed E-state index contributed by atoms with van der Waals surface area (Å²) in [6, 6.07) is 42.0. The minimum atomic E-state index is -3.65. The van der Waals surface area contributed by atoms with Crippen LogP contribution in [0.5, 0.6) is 34.5 Å². The zero-order valence-electron chi connectivity index (χ0n) is 73.0. The second-order valence-corrected chi connectivity index (χ2v) is 40.3. The zero-order valence-corrected chi connectivity index (χ0v) is 77.9. The van der Waals surface area contributed by atoms with Gasteiger partial charge >= 0.3 is 0 Å². The summed E-state index contributed by atoms with van der Waals surface area (Å²) in [5.74, 6) is 0.837. The molecule has 6 amide bonds. The number of fused-ring (bicyclic) bond motifs is 3. The van der Waals surface area contributed by atoms with Crippen molar-refractivity contribution in [3.8, 4) is 34.5 Å².